The van der Waals surface area contributed by atoms with Gasteiger partial charge in [-0.25, -0.2) is 4.98 Å². The fraction of sp³-hybridized carbons (Fsp3) is 0.308. The summed E-state index contributed by atoms with van der Waals surface area (Å²) in [6, 6.07) is 3.67. The molecule has 2 aromatic rings. The molecule has 0 aliphatic carbocycles. The summed E-state index contributed by atoms with van der Waals surface area (Å²) in [6.07, 6.45) is 0. The minimum Gasteiger partial charge on any atom is -0.493 e. The number of nitrogens with zero attached hydrogens (tertiary/aromatic N) is 1. The van der Waals surface area contributed by atoms with Crippen molar-refractivity contribution in [3.05, 3.63) is 23.2 Å². The van der Waals surface area contributed by atoms with Crippen molar-refractivity contribution in [1.29, 1.82) is 0 Å². The molecule has 6 heteroatoms. The summed E-state index contributed by atoms with van der Waals surface area (Å²) in [5.41, 5.74) is 1.51. The number of aliphatic hydroxyl groups excluding tert-OH is 1. The molecule has 0 atom stereocenters. The minimum absolute atomic E-state index is 0.0685. The first-order chi connectivity index (χ1) is 9.23. The van der Waals surface area contributed by atoms with Crippen LogP contribution in [0.5, 0.6) is 17.2 Å². The first kappa shape index (κ1) is 13.6. The van der Waals surface area contributed by atoms with E-state index in [4.69, 9.17) is 19.3 Å². The topological polar surface area (TPSA) is 60.8 Å². The van der Waals surface area contributed by atoms with Gasteiger partial charge in [-0.1, -0.05) is 0 Å². The van der Waals surface area contributed by atoms with Crippen molar-refractivity contribution in [3.8, 4) is 27.8 Å². The third-order valence-electron chi connectivity index (χ3n) is 2.63. The van der Waals surface area contributed by atoms with Gasteiger partial charge >= 0.3 is 0 Å². The molecule has 102 valence electrons. The molecule has 1 aromatic carbocycles. The molecule has 0 fully saturated rings. The van der Waals surface area contributed by atoms with Gasteiger partial charge in [0.15, 0.2) is 11.5 Å². The van der Waals surface area contributed by atoms with Gasteiger partial charge in [0.05, 0.1) is 33.6 Å². The summed E-state index contributed by atoms with van der Waals surface area (Å²) >= 11 is 1.46. The number of aromatic nitrogens is 1. The van der Waals surface area contributed by atoms with E-state index in [1.54, 1.807) is 21.3 Å². The first-order valence-electron chi connectivity index (χ1n) is 5.59. The van der Waals surface area contributed by atoms with Gasteiger partial charge in [-0.05, 0) is 12.1 Å². The lowest BCUT2D eigenvalue weighted by Crippen LogP contribution is -1.95. The number of ether oxygens (including phenoxy) is 3. The Balaban J connectivity index is 2.51. The second kappa shape index (κ2) is 5.90. The van der Waals surface area contributed by atoms with Crippen molar-refractivity contribution in [2.75, 3.05) is 21.3 Å². The van der Waals surface area contributed by atoms with Crippen molar-refractivity contribution < 1.29 is 19.3 Å². The summed E-state index contributed by atoms with van der Waals surface area (Å²) in [6.45, 7) is -0.0685. The molecule has 5 nitrogen and oxygen atoms in total. The molecule has 19 heavy (non-hydrogen) atoms. The summed E-state index contributed by atoms with van der Waals surface area (Å²) in [5, 5.41) is 11.7. The van der Waals surface area contributed by atoms with Crippen molar-refractivity contribution in [2.45, 2.75) is 6.61 Å². The second-order valence-electron chi connectivity index (χ2n) is 3.72. The Morgan fingerprint density at radius 2 is 1.74 bits per heavy atom. The maximum atomic E-state index is 9.06. The molecule has 2 rings (SSSR count). The van der Waals surface area contributed by atoms with Crippen LogP contribution in [0.25, 0.3) is 10.6 Å². The van der Waals surface area contributed by atoms with Crippen LogP contribution in [0.15, 0.2) is 17.5 Å². The highest BCUT2D eigenvalue weighted by atomic mass is 32.1. The first-order valence-corrected chi connectivity index (χ1v) is 6.47. The maximum absolute atomic E-state index is 9.06. The number of hydrogen-bond acceptors (Lipinski definition) is 6. The lowest BCUT2D eigenvalue weighted by molar-refractivity contribution is 0.278. The standard InChI is InChI=1S/C13H15NO4S/c1-16-10-4-8(5-11(17-2)12(10)18-3)13-14-9(6-15)7-19-13/h4-5,7,15H,6H2,1-3H3. The molecule has 0 amide bonds. The Bertz CT molecular complexity index is 543. The van der Waals surface area contributed by atoms with E-state index in [0.29, 0.717) is 22.9 Å². The Morgan fingerprint density at radius 1 is 1.11 bits per heavy atom. The molecule has 0 saturated carbocycles. The van der Waals surface area contributed by atoms with E-state index < -0.39 is 0 Å². The van der Waals surface area contributed by atoms with Crippen LogP contribution in [-0.2, 0) is 6.61 Å². The van der Waals surface area contributed by atoms with Crippen LogP contribution in [-0.4, -0.2) is 31.4 Å². The quantitative estimate of drug-likeness (QED) is 0.911. The second-order valence-corrected chi connectivity index (χ2v) is 4.57. The fourth-order valence-corrected chi connectivity index (χ4v) is 2.52. The summed E-state index contributed by atoms with van der Waals surface area (Å²) in [7, 11) is 4.71. The van der Waals surface area contributed by atoms with E-state index >= 15 is 0 Å². The van der Waals surface area contributed by atoms with Crippen LogP contribution in [0.3, 0.4) is 0 Å². The van der Waals surface area contributed by atoms with Gasteiger partial charge in [-0.15, -0.1) is 11.3 Å². The maximum Gasteiger partial charge on any atom is 0.203 e. The van der Waals surface area contributed by atoms with Crippen molar-refractivity contribution >= 4 is 11.3 Å². The van der Waals surface area contributed by atoms with Gasteiger partial charge < -0.3 is 19.3 Å². The van der Waals surface area contributed by atoms with Crippen LogP contribution in [0.2, 0.25) is 0 Å². The number of benzene rings is 1. The Kier molecular flexibility index (Phi) is 4.24. The molecule has 0 radical (unpaired) electrons. The molecule has 1 heterocycles. The average Bonchev–Trinajstić information content (AvgIpc) is 2.94. The highest BCUT2D eigenvalue weighted by Gasteiger charge is 2.15. The lowest BCUT2D eigenvalue weighted by atomic mass is 10.2. The van der Waals surface area contributed by atoms with Gasteiger partial charge in [0.25, 0.3) is 0 Å². The molecule has 0 unspecified atom stereocenters. The lowest BCUT2D eigenvalue weighted by Gasteiger charge is -2.13. The molecular formula is C13H15NO4S. The van der Waals surface area contributed by atoms with Gasteiger partial charge in [0, 0.05) is 10.9 Å². The van der Waals surface area contributed by atoms with Crippen molar-refractivity contribution in [1.82, 2.24) is 4.98 Å². The largest absolute Gasteiger partial charge is 0.493 e. The molecule has 1 aromatic heterocycles. The van der Waals surface area contributed by atoms with E-state index in [2.05, 4.69) is 4.98 Å². The number of rotatable bonds is 5. The Hall–Kier alpha value is -1.79. The average molecular weight is 281 g/mol. The Morgan fingerprint density at radius 3 is 2.16 bits per heavy atom. The third-order valence-corrected chi connectivity index (χ3v) is 3.57. The number of aliphatic hydroxyl groups is 1. The molecule has 0 spiro atoms. The predicted molar refractivity (Wildman–Crippen MR) is 73.1 cm³/mol. The summed E-state index contributed by atoms with van der Waals surface area (Å²) < 4.78 is 15.9. The zero-order chi connectivity index (χ0) is 13.8. The van der Waals surface area contributed by atoms with Gasteiger partial charge in [0.1, 0.15) is 5.01 Å². The molecular weight excluding hydrogens is 266 g/mol. The van der Waals surface area contributed by atoms with Gasteiger partial charge in [0.2, 0.25) is 5.75 Å². The van der Waals surface area contributed by atoms with Crippen molar-refractivity contribution in [3.63, 3.8) is 0 Å². The molecule has 1 N–H and O–H groups in total. The summed E-state index contributed by atoms with van der Waals surface area (Å²) in [4.78, 5) is 4.32. The predicted octanol–water partition coefficient (Wildman–Crippen LogP) is 2.33. The third kappa shape index (κ3) is 2.64. The highest BCUT2D eigenvalue weighted by Crippen LogP contribution is 2.41. The van der Waals surface area contributed by atoms with Crippen LogP contribution in [0.1, 0.15) is 5.69 Å². The number of thiazole rings is 1. The van der Waals surface area contributed by atoms with Crippen LogP contribution >= 0.6 is 11.3 Å². The van der Waals surface area contributed by atoms with E-state index in [9.17, 15) is 0 Å². The van der Waals surface area contributed by atoms with Crippen LogP contribution < -0.4 is 14.2 Å². The zero-order valence-corrected chi connectivity index (χ0v) is 11.8. The van der Waals surface area contributed by atoms with E-state index in [1.807, 2.05) is 17.5 Å². The van der Waals surface area contributed by atoms with E-state index in [-0.39, 0.29) is 6.61 Å². The minimum atomic E-state index is -0.0685. The van der Waals surface area contributed by atoms with Crippen LogP contribution in [0, 0.1) is 0 Å². The van der Waals surface area contributed by atoms with Gasteiger partial charge in [-0.2, -0.15) is 0 Å². The smallest absolute Gasteiger partial charge is 0.203 e. The van der Waals surface area contributed by atoms with Crippen LogP contribution in [0.4, 0.5) is 0 Å². The monoisotopic (exact) mass is 281 g/mol. The van der Waals surface area contributed by atoms with E-state index in [1.165, 1.54) is 11.3 Å². The molecule has 0 bridgehead atoms. The highest BCUT2D eigenvalue weighted by molar-refractivity contribution is 7.13. The molecule has 0 aliphatic rings. The molecule has 0 saturated heterocycles. The van der Waals surface area contributed by atoms with Crippen molar-refractivity contribution in [2.24, 2.45) is 0 Å². The fourth-order valence-electron chi connectivity index (χ4n) is 1.72. The number of hydrogen-bond donors (Lipinski definition) is 1. The SMILES string of the molecule is COc1cc(-c2nc(CO)cs2)cc(OC)c1OC. The zero-order valence-electron chi connectivity index (χ0n) is 11.0. The Labute approximate surface area is 115 Å². The van der Waals surface area contributed by atoms with E-state index in [0.717, 1.165) is 10.6 Å². The van der Waals surface area contributed by atoms with Gasteiger partial charge in [-0.3, -0.25) is 0 Å². The number of methoxy groups -OCH3 is 3. The summed E-state index contributed by atoms with van der Waals surface area (Å²) in [5.74, 6) is 1.71. The normalized spacial score (nSPS) is 10.3. The molecule has 0 aliphatic heterocycles.